The van der Waals surface area contributed by atoms with Crippen LogP contribution < -0.4 is 10.6 Å². The SMILES string of the molecule is O=C(CCNc1ccccc1)NCCCn1ccnc1. The minimum atomic E-state index is 0.0825. The summed E-state index contributed by atoms with van der Waals surface area (Å²) in [4.78, 5) is 15.6. The van der Waals surface area contributed by atoms with E-state index in [0.717, 1.165) is 18.7 Å². The fourth-order valence-electron chi connectivity index (χ4n) is 1.87. The molecule has 106 valence electrons. The highest BCUT2D eigenvalue weighted by Crippen LogP contribution is 2.04. The molecule has 0 saturated carbocycles. The largest absolute Gasteiger partial charge is 0.385 e. The Hall–Kier alpha value is -2.30. The summed E-state index contributed by atoms with van der Waals surface area (Å²) in [6.07, 6.45) is 6.86. The van der Waals surface area contributed by atoms with E-state index in [1.54, 1.807) is 12.5 Å². The number of benzene rings is 1. The summed E-state index contributed by atoms with van der Waals surface area (Å²) in [6.45, 7) is 2.22. The first kappa shape index (κ1) is 14.1. The van der Waals surface area contributed by atoms with Crippen LogP contribution in [0.15, 0.2) is 49.1 Å². The third-order valence-corrected chi connectivity index (χ3v) is 2.93. The number of imidazole rings is 1. The van der Waals surface area contributed by atoms with Crippen molar-refractivity contribution in [3.05, 3.63) is 49.1 Å². The van der Waals surface area contributed by atoms with Crippen LogP contribution in [0.4, 0.5) is 5.69 Å². The van der Waals surface area contributed by atoms with Gasteiger partial charge in [0, 0.05) is 44.1 Å². The van der Waals surface area contributed by atoms with E-state index in [1.807, 2.05) is 41.1 Å². The number of nitrogens with zero attached hydrogens (tertiary/aromatic N) is 2. The van der Waals surface area contributed by atoms with E-state index in [2.05, 4.69) is 15.6 Å². The predicted molar refractivity (Wildman–Crippen MR) is 79.4 cm³/mol. The highest BCUT2D eigenvalue weighted by molar-refractivity contribution is 5.76. The van der Waals surface area contributed by atoms with Crippen molar-refractivity contribution < 1.29 is 4.79 Å². The van der Waals surface area contributed by atoms with Gasteiger partial charge in [-0.25, -0.2) is 4.98 Å². The molecule has 1 heterocycles. The van der Waals surface area contributed by atoms with Gasteiger partial charge < -0.3 is 15.2 Å². The molecule has 0 spiro atoms. The molecular formula is C15H20N4O. The number of para-hydroxylation sites is 1. The minimum Gasteiger partial charge on any atom is -0.385 e. The predicted octanol–water partition coefficient (Wildman–Crippen LogP) is 1.89. The fourth-order valence-corrected chi connectivity index (χ4v) is 1.87. The Morgan fingerprint density at radius 3 is 2.80 bits per heavy atom. The topological polar surface area (TPSA) is 59.0 Å². The Morgan fingerprint density at radius 2 is 2.05 bits per heavy atom. The molecular weight excluding hydrogens is 252 g/mol. The molecule has 0 aliphatic carbocycles. The number of hydrogen-bond acceptors (Lipinski definition) is 3. The van der Waals surface area contributed by atoms with E-state index < -0.39 is 0 Å². The Labute approximate surface area is 119 Å². The maximum atomic E-state index is 11.6. The van der Waals surface area contributed by atoms with Crippen LogP contribution in [0.5, 0.6) is 0 Å². The number of carbonyl (C=O) groups is 1. The molecule has 5 nitrogen and oxygen atoms in total. The summed E-state index contributed by atoms with van der Waals surface area (Å²) >= 11 is 0. The smallest absolute Gasteiger partial charge is 0.221 e. The number of hydrogen-bond donors (Lipinski definition) is 2. The number of nitrogens with one attached hydrogen (secondary N) is 2. The molecule has 0 bridgehead atoms. The molecule has 0 fully saturated rings. The molecule has 0 aliphatic heterocycles. The zero-order valence-electron chi connectivity index (χ0n) is 11.5. The van der Waals surface area contributed by atoms with Crippen LogP contribution in [-0.2, 0) is 11.3 Å². The van der Waals surface area contributed by atoms with E-state index in [9.17, 15) is 4.79 Å². The van der Waals surface area contributed by atoms with Crippen LogP contribution in [0.25, 0.3) is 0 Å². The lowest BCUT2D eigenvalue weighted by molar-refractivity contribution is -0.120. The lowest BCUT2D eigenvalue weighted by atomic mass is 10.3. The lowest BCUT2D eigenvalue weighted by Crippen LogP contribution is -2.26. The van der Waals surface area contributed by atoms with Crippen molar-refractivity contribution in [1.29, 1.82) is 0 Å². The van der Waals surface area contributed by atoms with Crippen molar-refractivity contribution in [3.8, 4) is 0 Å². The van der Waals surface area contributed by atoms with Gasteiger partial charge in [0.2, 0.25) is 5.91 Å². The van der Waals surface area contributed by atoms with E-state index >= 15 is 0 Å². The number of anilines is 1. The molecule has 1 aromatic carbocycles. The first-order chi connectivity index (χ1) is 9.84. The third kappa shape index (κ3) is 5.14. The summed E-state index contributed by atoms with van der Waals surface area (Å²) in [5, 5.41) is 6.13. The van der Waals surface area contributed by atoms with Gasteiger partial charge in [-0.1, -0.05) is 18.2 Å². The first-order valence-electron chi connectivity index (χ1n) is 6.86. The maximum absolute atomic E-state index is 11.6. The highest BCUT2D eigenvalue weighted by Gasteiger charge is 2.00. The van der Waals surface area contributed by atoms with Crippen molar-refractivity contribution in [2.24, 2.45) is 0 Å². The number of carbonyl (C=O) groups excluding carboxylic acids is 1. The van der Waals surface area contributed by atoms with Gasteiger partial charge in [-0.05, 0) is 18.6 Å². The zero-order chi connectivity index (χ0) is 14.0. The summed E-state index contributed by atoms with van der Waals surface area (Å²) in [5.41, 5.74) is 1.04. The molecule has 0 unspecified atom stereocenters. The van der Waals surface area contributed by atoms with Crippen molar-refractivity contribution in [1.82, 2.24) is 14.9 Å². The Kier molecular flexibility index (Phi) is 5.64. The van der Waals surface area contributed by atoms with Crippen molar-refractivity contribution >= 4 is 11.6 Å². The van der Waals surface area contributed by atoms with Gasteiger partial charge in [-0.15, -0.1) is 0 Å². The van der Waals surface area contributed by atoms with Gasteiger partial charge in [0.05, 0.1) is 6.33 Å². The molecule has 20 heavy (non-hydrogen) atoms. The average molecular weight is 272 g/mol. The second-order valence-corrected chi connectivity index (χ2v) is 4.55. The van der Waals surface area contributed by atoms with Gasteiger partial charge in [0.15, 0.2) is 0 Å². The molecule has 0 atom stereocenters. The number of aromatic nitrogens is 2. The van der Waals surface area contributed by atoms with E-state index in [-0.39, 0.29) is 5.91 Å². The van der Waals surface area contributed by atoms with Crippen molar-refractivity contribution in [3.63, 3.8) is 0 Å². The van der Waals surface area contributed by atoms with Crippen LogP contribution in [0.3, 0.4) is 0 Å². The van der Waals surface area contributed by atoms with Crippen LogP contribution in [-0.4, -0.2) is 28.5 Å². The number of aryl methyl sites for hydroxylation is 1. The second-order valence-electron chi connectivity index (χ2n) is 4.55. The normalized spacial score (nSPS) is 10.2. The molecule has 2 aromatic rings. The van der Waals surface area contributed by atoms with Crippen LogP contribution in [0.1, 0.15) is 12.8 Å². The monoisotopic (exact) mass is 272 g/mol. The average Bonchev–Trinajstić information content (AvgIpc) is 2.98. The van der Waals surface area contributed by atoms with Gasteiger partial charge in [-0.3, -0.25) is 4.79 Å². The van der Waals surface area contributed by atoms with Gasteiger partial charge in [0.25, 0.3) is 0 Å². The van der Waals surface area contributed by atoms with Gasteiger partial charge in [-0.2, -0.15) is 0 Å². The van der Waals surface area contributed by atoms with Crippen LogP contribution >= 0.6 is 0 Å². The Balaban J connectivity index is 1.52. The second kappa shape index (κ2) is 7.99. The van der Waals surface area contributed by atoms with E-state index in [0.29, 0.717) is 19.5 Å². The fraction of sp³-hybridized carbons (Fsp3) is 0.333. The summed E-state index contributed by atoms with van der Waals surface area (Å²) in [6, 6.07) is 9.89. The molecule has 2 rings (SSSR count). The van der Waals surface area contributed by atoms with E-state index in [4.69, 9.17) is 0 Å². The molecule has 1 aromatic heterocycles. The molecule has 5 heteroatoms. The van der Waals surface area contributed by atoms with Gasteiger partial charge >= 0.3 is 0 Å². The van der Waals surface area contributed by atoms with Crippen molar-refractivity contribution in [2.75, 3.05) is 18.4 Å². The number of rotatable bonds is 8. The summed E-state index contributed by atoms with van der Waals surface area (Å²) < 4.78 is 2.00. The maximum Gasteiger partial charge on any atom is 0.221 e. The molecule has 0 radical (unpaired) electrons. The standard InChI is InChI=1S/C15H20N4O/c20-15(7-9-17-14-5-2-1-3-6-14)18-8-4-11-19-12-10-16-13-19/h1-3,5-6,10,12-13,17H,4,7-9,11H2,(H,18,20). The molecule has 2 N–H and O–H groups in total. The van der Waals surface area contributed by atoms with Crippen molar-refractivity contribution in [2.45, 2.75) is 19.4 Å². The molecule has 0 aliphatic rings. The quantitative estimate of drug-likeness (QED) is 0.721. The minimum absolute atomic E-state index is 0.0825. The molecule has 0 saturated heterocycles. The lowest BCUT2D eigenvalue weighted by Gasteiger charge is -2.07. The Morgan fingerprint density at radius 1 is 1.20 bits per heavy atom. The number of amides is 1. The Bertz CT molecular complexity index is 496. The summed E-state index contributed by atoms with van der Waals surface area (Å²) in [5.74, 6) is 0.0825. The highest BCUT2D eigenvalue weighted by atomic mass is 16.1. The zero-order valence-corrected chi connectivity index (χ0v) is 11.5. The molecule has 1 amide bonds. The summed E-state index contributed by atoms with van der Waals surface area (Å²) in [7, 11) is 0. The van der Waals surface area contributed by atoms with E-state index in [1.165, 1.54) is 0 Å². The van der Waals surface area contributed by atoms with Crippen LogP contribution in [0.2, 0.25) is 0 Å². The van der Waals surface area contributed by atoms with Gasteiger partial charge in [0.1, 0.15) is 0 Å². The third-order valence-electron chi connectivity index (χ3n) is 2.93. The van der Waals surface area contributed by atoms with Crippen LogP contribution in [0, 0.1) is 0 Å². The first-order valence-corrected chi connectivity index (χ1v) is 6.86.